The molecule has 0 bridgehead atoms. The van der Waals surface area contributed by atoms with Crippen LogP contribution in [0.5, 0.6) is 0 Å². The lowest BCUT2D eigenvalue weighted by Crippen LogP contribution is -2.33. The number of aryl methyl sites for hydroxylation is 2. The van der Waals surface area contributed by atoms with Crippen LogP contribution in [-0.4, -0.2) is 52.8 Å². The van der Waals surface area contributed by atoms with E-state index in [0.717, 1.165) is 55.7 Å². The first-order valence-electron chi connectivity index (χ1n) is 11.5. The zero-order chi connectivity index (χ0) is 21.6. The van der Waals surface area contributed by atoms with E-state index in [0.29, 0.717) is 19.2 Å². The van der Waals surface area contributed by atoms with Crippen molar-refractivity contribution in [3.8, 4) is 0 Å². The Morgan fingerprint density at radius 2 is 2.06 bits per heavy atom. The highest BCUT2D eigenvalue weighted by Gasteiger charge is 2.33. The molecule has 2 aliphatic heterocycles. The first kappa shape index (κ1) is 21.8. The SMILES string of the molecule is CC1CCc2ccc(CCCCO[C@@H]3CCN(C(C(=O)O)c4ccccc4)C3)nc2N1. The van der Waals surface area contributed by atoms with Crippen molar-refractivity contribution in [3.05, 3.63) is 59.3 Å². The Hall–Kier alpha value is -2.44. The molecule has 2 N–H and O–H groups in total. The predicted molar refractivity (Wildman–Crippen MR) is 121 cm³/mol. The number of anilines is 1. The van der Waals surface area contributed by atoms with Crippen LogP contribution in [0.25, 0.3) is 0 Å². The van der Waals surface area contributed by atoms with E-state index in [-0.39, 0.29) is 6.10 Å². The lowest BCUT2D eigenvalue weighted by molar-refractivity contribution is -0.143. The Balaban J connectivity index is 1.19. The molecular formula is C25H33N3O3. The number of aliphatic carboxylic acids is 1. The van der Waals surface area contributed by atoms with Crippen LogP contribution in [0, 0.1) is 0 Å². The Morgan fingerprint density at radius 3 is 2.87 bits per heavy atom. The molecule has 0 spiro atoms. The van der Waals surface area contributed by atoms with E-state index >= 15 is 0 Å². The first-order valence-corrected chi connectivity index (χ1v) is 11.5. The number of nitrogens with zero attached hydrogens (tertiary/aromatic N) is 2. The molecule has 31 heavy (non-hydrogen) atoms. The van der Waals surface area contributed by atoms with E-state index in [1.807, 2.05) is 35.2 Å². The van der Waals surface area contributed by atoms with Crippen molar-refractivity contribution in [3.63, 3.8) is 0 Å². The quantitative estimate of drug-likeness (QED) is 0.593. The van der Waals surface area contributed by atoms with E-state index in [1.54, 1.807) is 0 Å². The minimum absolute atomic E-state index is 0.109. The van der Waals surface area contributed by atoms with Gasteiger partial charge in [0, 0.05) is 31.4 Å². The molecule has 6 heteroatoms. The van der Waals surface area contributed by atoms with Gasteiger partial charge in [-0.25, -0.2) is 4.98 Å². The molecule has 2 aliphatic rings. The summed E-state index contributed by atoms with van der Waals surface area (Å²) in [5.74, 6) is 0.262. The number of unbranched alkanes of at least 4 members (excludes halogenated alkanes) is 1. The topological polar surface area (TPSA) is 74.7 Å². The third kappa shape index (κ3) is 5.63. The molecule has 1 saturated heterocycles. The fourth-order valence-electron chi connectivity index (χ4n) is 4.60. The van der Waals surface area contributed by atoms with Crippen LogP contribution in [0.3, 0.4) is 0 Å². The third-order valence-corrected chi connectivity index (χ3v) is 6.34. The molecule has 0 radical (unpaired) electrons. The fraction of sp³-hybridized carbons (Fsp3) is 0.520. The van der Waals surface area contributed by atoms with Gasteiger partial charge < -0.3 is 15.2 Å². The van der Waals surface area contributed by atoms with Gasteiger partial charge in [0.05, 0.1) is 6.10 Å². The summed E-state index contributed by atoms with van der Waals surface area (Å²) in [6.07, 6.45) is 6.25. The molecule has 6 nitrogen and oxygen atoms in total. The Labute approximate surface area is 184 Å². The maximum atomic E-state index is 11.8. The van der Waals surface area contributed by atoms with Crippen molar-refractivity contribution in [2.24, 2.45) is 0 Å². The zero-order valence-electron chi connectivity index (χ0n) is 18.3. The second-order valence-corrected chi connectivity index (χ2v) is 8.78. The zero-order valence-corrected chi connectivity index (χ0v) is 18.3. The number of ether oxygens (including phenoxy) is 1. The minimum atomic E-state index is -0.798. The van der Waals surface area contributed by atoms with Crippen molar-refractivity contribution in [1.82, 2.24) is 9.88 Å². The molecule has 0 amide bonds. The summed E-state index contributed by atoms with van der Waals surface area (Å²) in [5.41, 5.74) is 3.29. The van der Waals surface area contributed by atoms with Crippen LogP contribution in [-0.2, 0) is 22.4 Å². The summed E-state index contributed by atoms with van der Waals surface area (Å²) in [5, 5.41) is 13.2. The Morgan fingerprint density at radius 1 is 1.23 bits per heavy atom. The summed E-state index contributed by atoms with van der Waals surface area (Å²) in [6, 6.07) is 13.7. The number of likely N-dealkylation sites (tertiary alicyclic amines) is 1. The molecular weight excluding hydrogens is 390 g/mol. The number of fused-ring (bicyclic) bond motifs is 1. The molecule has 4 rings (SSSR count). The Bertz CT molecular complexity index is 874. The van der Waals surface area contributed by atoms with Gasteiger partial charge in [-0.3, -0.25) is 9.69 Å². The number of carbonyl (C=O) groups is 1. The van der Waals surface area contributed by atoms with Crippen LogP contribution in [0.2, 0.25) is 0 Å². The molecule has 0 saturated carbocycles. The second-order valence-electron chi connectivity index (χ2n) is 8.78. The largest absolute Gasteiger partial charge is 0.480 e. The van der Waals surface area contributed by atoms with Crippen LogP contribution in [0.15, 0.2) is 42.5 Å². The number of hydrogen-bond donors (Lipinski definition) is 2. The van der Waals surface area contributed by atoms with Gasteiger partial charge in [-0.2, -0.15) is 0 Å². The second kappa shape index (κ2) is 10.2. The highest BCUT2D eigenvalue weighted by Crippen LogP contribution is 2.27. The smallest absolute Gasteiger partial charge is 0.325 e. The standard InChI is InChI=1S/C25H33N3O3/c1-18-10-11-20-12-13-21(27-24(20)26-18)9-5-6-16-31-22-14-15-28(17-22)23(25(29)30)19-7-3-2-4-8-19/h2-4,7-8,12-13,18,22-23H,5-6,9-11,14-17H2,1H3,(H,26,27)(H,29,30)/t18?,22-,23?/m1/s1. The van der Waals surface area contributed by atoms with Crippen LogP contribution < -0.4 is 5.32 Å². The first-order chi connectivity index (χ1) is 15.1. The number of rotatable bonds is 9. The van der Waals surface area contributed by atoms with Crippen molar-refractivity contribution < 1.29 is 14.6 Å². The van der Waals surface area contributed by atoms with Crippen LogP contribution >= 0.6 is 0 Å². The number of carboxylic acid groups (broad SMARTS) is 1. The number of pyridine rings is 1. The van der Waals surface area contributed by atoms with E-state index in [1.165, 1.54) is 12.0 Å². The van der Waals surface area contributed by atoms with Crippen molar-refractivity contribution >= 4 is 11.8 Å². The third-order valence-electron chi connectivity index (χ3n) is 6.34. The van der Waals surface area contributed by atoms with Gasteiger partial charge in [-0.15, -0.1) is 0 Å². The van der Waals surface area contributed by atoms with Crippen molar-refractivity contribution in [2.45, 2.75) is 63.6 Å². The lowest BCUT2D eigenvalue weighted by Gasteiger charge is -2.24. The molecule has 0 aliphatic carbocycles. The summed E-state index contributed by atoms with van der Waals surface area (Å²) >= 11 is 0. The highest BCUT2D eigenvalue weighted by atomic mass is 16.5. The average molecular weight is 424 g/mol. The summed E-state index contributed by atoms with van der Waals surface area (Å²) in [7, 11) is 0. The maximum Gasteiger partial charge on any atom is 0.325 e. The monoisotopic (exact) mass is 423 g/mol. The average Bonchev–Trinajstić information content (AvgIpc) is 3.22. The van der Waals surface area contributed by atoms with E-state index in [2.05, 4.69) is 24.4 Å². The number of carboxylic acids is 1. The van der Waals surface area contributed by atoms with Gasteiger partial charge in [0.1, 0.15) is 11.9 Å². The maximum absolute atomic E-state index is 11.8. The molecule has 1 fully saturated rings. The van der Waals surface area contributed by atoms with Gasteiger partial charge in [0.2, 0.25) is 0 Å². The molecule has 3 atom stereocenters. The van der Waals surface area contributed by atoms with E-state index < -0.39 is 12.0 Å². The molecule has 1 aromatic heterocycles. The lowest BCUT2D eigenvalue weighted by atomic mass is 10.0. The molecule has 3 heterocycles. The van der Waals surface area contributed by atoms with Crippen molar-refractivity contribution in [1.29, 1.82) is 0 Å². The normalized spacial score (nSPS) is 22.0. The highest BCUT2D eigenvalue weighted by molar-refractivity contribution is 5.75. The minimum Gasteiger partial charge on any atom is -0.480 e. The molecule has 2 unspecified atom stereocenters. The summed E-state index contributed by atoms with van der Waals surface area (Å²) < 4.78 is 6.07. The Kier molecular flexibility index (Phi) is 7.20. The van der Waals surface area contributed by atoms with Crippen molar-refractivity contribution in [2.75, 3.05) is 25.0 Å². The predicted octanol–water partition coefficient (Wildman–Crippen LogP) is 4.07. The summed E-state index contributed by atoms with van der Waals surface area (Å²) in [4.78, 5) is 18.7. The number of nitrogens with one attached hydrogen (secondary N) is 1. The molecule has 1 aromatic carbocycles. The molecule has 2 aromatic rings. The number of hydrogen-bond acceptors (Lipinski definition) is 5. The summed E-state index contributed by atoms with van der Waals surface area (Å²) in [6.45, 7) is 4.34. The van der Waals surface area contributed by atoms with Crippen LogP contribution in [0.1, 0.15) is 55.5 Å². The van der Waals surface area contributed by atoms with Gasteiger partial charge in [-0.1, -0.05) is 36.4 Å². The fourth-order valence-corrected chi connectivity index (χ4v) is 4.60. The molecule has 166 valence electrons. The number of benzene rings is 1. The van der Waals surface area contributed by atoms with E-state index in [9.17, 15) is 9.90 Å². The van der Waals surface area contributed by atoms with Gasteiger partial charge in [0.25, 0.3) is 0 Å². The number of aromatic nitrogens is 1. The van der Waals surface area contributed by atoms with Gasteiger partial charge >= 0.3 is 5.97 Å². The van der Waals surface area contributed by atoms with Gasteiger partial charge in [-0.05, 0) is 62.6 Å². The van der Waals surface area contributed by atoms with Crippen LogP contribution in [0.4, 0.5) is 5.82 Å². The van der Waals surface area contributed by atoms with Gasteiger partial charge in [0.15, 0.2) is 0 Å². The van der Waals surface area contributed by atoms with E-state index in [4.69, 9.17) is 9.72 Å².